The van der Waals surface area contributed by atoms with Crippen LogP contribution in [0.4, 0.5) is 5.82 Å². The molecule has 8 heteroatoms. The van der Waals surface area contributed by atoms with Crippen molar-refractivity contribution >= 4 is 34.2 Å². The fraction of sp³-hybridized carbons (Fsp3) is 0.312. The molecule has 2 N–H and O–H groups in total. The number of rotatable bonds is 6. The van der Waals surface area contributed by atoms with Crippen molar-refractivity contribution in [2.24, 2.45) is 0 Å². The largest absolute Gasteiger partial charge is 0.309 e. The van der Waals surface area contributed by atoms with Crippen LogP contribution in [0, 0.1) is 0 Å². The van der Waals surface area contributed by atoms with Gasteiger partial charge in [0, 0.05) is 24.4 Å². The van der Waals surface area contributed by atoms with Crippen LogP contribution in [0.15, 0.2) is 30.5 Å². The van der Waals surface area contributed by atoms with Gasteiger partial charge in [0.2, 0.25) is 5.91 Å². The summed E-state index contributed by atoms with van der Waals surface area (Å²) < 4.78 is 1.78. The number of carbonyl (C=O) groups is 1. The molecule has 0 saturated carbocycles. The molecule has 1 amide bonds. The van der Waals surface area contributed by atoms with E-state index in [-0.39, 0.29) is 5.91 Å². The smallest absolute Gasteiger partial charge is 0.227 e. The Morgan fingerprint density at radius 1 is 1.42 bits per heavy atom. The maximum Gasteiger partial charge on any atom is 0.227 e. The minimum absolute atomic E-state index is 0.108. The Kier molecular flexibility index (Phi) is 4.82. The summed E-state index contributed by atoms with van der Waals surface area (Å²) in [5, 5.41) is 15.6. The van der Waals surface area contributed by atoms with E-state index >= 15 is 0 Å². The molecule has 1 aromatic carbocycles. The van der Waals surface area contributed by atoms with Gasteiger partial charge in [-0.05, 0) is 26.2 Å². The number of H-pyrrole nitrogens is 1. The van der Waals surface area contributed by atoms with Gasteiger partial charge < -0.3 is 10.2 Å². The Morgan fingerprint density at radius 2 is 2.25 bits per heavy atom. The van der Waals surface area contributed by atoms with Crippen LogP contribution < -0.4 is 5.32 Å². The maximum absolute atomic E-state index is 12.1. The number of aromatic nitrogens is 4. The highest BCUT2D eigenvalue weighted by Crippen LogP contribution is 2.22. The van der Waals surface area contributed by atoms with Gasteiger partial charge in [0.15, 0.2) is 5.82 Å². The number of fused-ring (bicyclic) bond motifs is 1. The Morgan fingerprint density at radius 3 is 3.04 bits per heavy atom. The second kappa shape index (κ2) is 7.02. The molecule has 0 radical (unpaired) electrons. The fourth-order valence-corrected chi connectivity index (χ4v) is 2.72. The SMILES string of the molecule is CN(C)Cc1cc(NC(=O)CCn2ncc3c(Cl)cccc32)n[nH]1. The molecule has 2 heterocycles. The number of anilines is 1. The maximum atomic E-state index is 12.1. The standard InChI is InChI=1S/C16H19ClN6O/c1-22(2)10-11-8-15(21-20-11)19-16(24)6-7-23-14-5-3-4-13(17)12(14)9-18-23/h3-5,8-9H,6-7,10H2,1-2H3,(H2,19,20,21,24). The van der Waals surface area contributed by atoms with Crippen LogP contribution in [0.3, 0.4) is 0 Å². The predicted molar refractivity (Wildman–Crippen MR) is 94.0 cm³/mol. The second-order valence-corrected chi connectivity index (χ2v) is 6.26. The molecule has 3 rings (SSSR count). The van der Waals surface area contributed by atoms with E-state index in [1.807, 2.05) is 43.3 Å². The molecule has 126 valence electrons. The number of hydrogen-bond donors (Lipinski definition) is 2. The van der Waals surface area contributed by atoms with Crippen LogP contribution in [-0.4, -0.2) is 44.9 Å². The van der Waals surface area contributed by atoms with E-state index in [0.29, 0.717) is 23.8 Å². The Labute approximate surface area is 144 Å². The van der Waals surface area contributed by atoms with Crippen LogP contribution in [0.1, 0.15) is 12.1 Å². The van der Waals surface area contributed by atoms with Gasteiger partial charge in [-0.2, -0.15) is 10.2 Å². The minimum Gasteiger partial charge on any atom is -0.309 e. The summed E-state index contributed by atoms with van der Waals surface area (Å²) in [6.45, 7) is 1.22. The van der Waals surface area contributed by atoms with Crippen LogP contribution in [0.2, 0.25) is 5.02 Å². The first-order chi connectivity index (χ1) is 11.5. The van der Waals surface area contributed by atoms with Gasteiger partial charge in [-0.25, -0.2) is 0 Å². The summed E-state index contributed by atoms with van der Waals surface area (Å²) in [5.74, 6) is 0.425. The van der Waals surface area contributed by atoms with Crippen LogP contribution in [0.25, 0.3) is 10.9 Å². The molecule has 0 saturated heterocycles. The third-order valence-corrected chi connectivity index (χ3v) is 3.90. The van der Waals surface area contributed by atoms with Crippen molar-refractivity contribution in [2.75, 3.05) is 19.4 Å². The normalized spacial score (nSPS) is 11.3. The van der Waals surface area contributed by atoms with Gasteiger partial charge in [0.1, 0.15) is 0 Å². The second-order valence-electron chi connectivity index (χ2n) is 5.85. The van der Waals surface area contributed by atoms with Crippen molar-refractivity contribution in [1.29, 1.82) is 0 Å². The van der Waals surface area contributed by atoms with Crippen molar-refractivity contribution in [2.45, 2.75) is 19.5 Å². The van der Waals surface area contributed by atoms with Crippen molar-refractivity contribution < 1.29 is 4.79 Å². The molecule has 0 spiro atoms. The van der Waals surface area contributed by atoms with Crippen LogP contribution >= 0.6 is 11.6 Å². The molecule has 0 bridgehead atoms. The number of aryl methyl sites for hydroxylation is 1. The average Bonchev–Trinajstić information content (AvgIpc) is 3.12. The molecule has 0 fully saturated rings. The minimum atomic E-state index is -0.108. The zero-order valence-corrected chi connectivity index (χ0v) is 14.3. The lowest BCUT2D eigenvalue weighted by atomic mass is 10.2. The highest BCUT2D eigenvalue weighted by molar-refractivity contribution is 6.35. The van der Waals surface area contributed by atoms with Gasteiger partial charge in [-0.3, -0.25) is 14.6 Å². The lowest BCUT2D eigenvalue weighted by molar-refractivity contribution is -0.116. The number of nitrogens with one attached hydrogen (secondary N) is 2. The molecule has 0 aliphatic rings. The summed E-state index contributed by atoms with van der Waals surface area (Å²) in [5.41, 5.74) is 1.87. The number of amides is 1. The molecular weight excluding hydrogens is 328 g/mol. The lowest BCUT2D eigenvalue weighted by Gasteiger charge is -2.05. The number of benzene rings is 1. The highest BCUT2D eigenvalue weighted by Gasteiger charge is 2.10. The first-order valence-electron chi connectivity index (χ1n) is 7.62. The third-order valence-electron chi connectivity index (χ3n) is 3.57. The average molecular weight is 347 g/mol. The molecule has 7 nitrogen and oxygen atoms in total. The lowest BCUT2D eigenvalue weighted by Crippen LogP contribution is -2.15. The van der Waals surface area contributed by atoms with Crippen LogP contribution in [-0.2, 0) is 17.9 Å². The summed E-state index contributed by atoms with van der Waals surface area (Å²) in [6.07, 6.45) is 2.02. The summed E-state index contributed by atoms with van der Waals surface area (Å²) >= 11 is 6.13. The summed E-state index contributed by atoms with van der Waals surface area (Å²) in [7, 11) is 3.94. The Balaban J connectivity index is 1.59. The predicted octanol–water partition coefficient (Wildman–Crippen LogP) is 2.50. The topological polar surface area (TPSA) is 78.8 Å². The summed E-state index contributed by atoms with van der Waals surface area (Å²) in [6, 6.07) is 7.47. The quantitative estimate of drug-likeness (QED) is 0.718. The van der Waals surface area contributed by atoms with E-state index in [9.17, 15) is 4.79 Å². The Hall–Kier alpha value is -2.38. The van der Waals surface area contributed by atoms with E-state index < -0.39 is 0 Å². The van der Waals surface area contributed by atoms with Gasteiger partial charge in [-0.1, -0.05) is 17.7 Å². The summed E-state index contributed by atoms with van der Waals surface area (Å²) in [4.78, 5) is 14.1. The van der Waals surface area contributed by atoms with Gasteiger partial charge >= 0.3 is 0 Å². The molecular formula is C16H19ClN6O. The number of halogens is 1. The molecule has 0 atom stereocenters. The number of nitrogens with zero attached hydrogens (tertiary/aromatic N) is 4. The van der Waals surface area contributed by atoms with Crippen molar-refractivity contribution in [3.05, 3.63) is 41.2 Å². The number of aromatic amines is 1. The van der Waals surface area contributed by atoms with E-state index in [2.05, 4.69) is 20.6 Å². The van der Waals surface area contributed by atoms with Crippen molar-refractivity contribution in [1.82, 2.24) is 24.9 Å². The van der Waals surface area contributed by atoms with E-state index in [0.717, 1.165) is 23.1 Å². The molecule has 0 aliphatic carbocycles. The first-order valence-corrected chi connectivity index (χ1v) is 7.99. The molecule has 24 heavy (non-hydrogen) atoms. The monoisotopic (exact) mass is 346 g/mol. The Bertz CT molecular complexity index is 853. The zero-order chi connectivity index (χ0) is 17.1. The van der Waals surface area contributed by atoms with Crippen molar-refractivity contribution in [3.8, 4) is 0 Å². The highest BCUT2D eigenvalue weighted by atomic mass is 35.5. The van der Waals surface area contributed by atoms with E-state index in [1.54, 1.807) is 10.9 Å². The third kappa shape index (κ3) is 3.74. The van der Waals surface area contributed by atoms with Crippen molar-refractivity contribution in [3.63, 3.8) is 0 Å². The fourth-order valence-electron chi connectivity index (χ4n) is 2.51. The molecule has 0 unspecified atom stereocenters. The van der Waals surface area contributed by atoms with E-state index in [1.165, 1.54) is 0 Å². The van der Waals surface area contributed by atoms with E-state index in [4.69, 9.17) is 11.6 Å². The zero-order valence-electron chi connectivity index (χ0n) is 13.6. The van der Waals surface area contributed by atoms with Gasteiger partial charge in [-0.15, -0.1) is 0 Å². The van der Waals surface area contributed by atoms with Gasteiger partial charge in [0.25, 0.3) is 0 Å². The molecule has 0 aliphatic heterocycles. The van der Waals surface area contributed by atoms with Crippen LogP contribution in [0.5, 0.6) is 0 Å². The molecule has 3 aromatic rings. The van der Waals surface area contributed by atoms with Gasteiger partial charge in [0.05, 0.1) is 29.0 Å². The number of hydrogen-bond acceptors (Lipinski definition) is 4. The first kappa shape index (κ1) is 16.5. The number of carbonyl (C=O) groups excluding carboxylic acids is 1. The molecule has 2 aromatic heterocycles.